The summed E-state index contributed by atoms with van der Waals surface area (Å²) in [6, 6.07) is 21.3. The second kappa shape index (κ2) is 12.6. The fraction of sp³-hybridized carbons (Fsp3) is 0.182. The molecule has 8 nitrogen and oxygen atoms in total. The number of carbonyl (C=O) groups excluding carboxylic acids is 1. The van der Waals surface area contributed by atoms with E-state index in [-0.39, 0.29) is 18.1 Å². The molecule has 0 radical (unpaired) electrons. The standard InChI is InChI=1S/C33H29N3O5S/c1-5-19-41-30-23(11-10-14-26(30)39-4)20-27-32(38)36-29(22-15-17-25(18-16-22)40-6-2)28(21(3)34-33(36)42-27)31(37)35-24-12-8-7-9-13-24/h1,7-18,20,29H,6,19H2,2-4H3,(H,35,37)/b27-20-/t29-/m0/s1. The van der Waals surface area contributed by atoms with Crippen molar-refractivity contribution in [2.24, 2.45) is 4.99 Å². The average Bonchev–Trinajstić information content (AvgIpc) is 3.30. The number of nitrogens with zero attached hydrogens (tertiary/aromatic N) is 2. The van der Waals surface area contributed by atoms with Crippen LogP contribution in [0.1, 0.15) is 31.0 Å². The lowest BCUT2D eigenvalue weighted by Gasteiger charge is -2.25. The predicted molar refractivity (Wildman–Crippen MR) is 164 cm³/mol. The van der Waals surface area contributed by atoms with Gasteiger partial charge < -0.3 is 19.5 Å². The Labute approximate surface area is 247 Å². The molecule has 1 aliphatic heterocycles. The molecule has 0 aliphatic carbocycles. The van der Waals surface area contributed by atoms with Gasteiger partial charge in [0.05, 0.1) is 35.6 Å². The van der Waals surface area contributed by atoms with Crippen LogP contribution in [-0.2, 0) is 4.79 Å². The molecule has 0 spiro atoms. The first-order valence-electron chi connectivity index (χ1n) is 13.3. The monoisotopic (exact) mass is 579 g/mol. The number of benzene rings is 3. The Morgan fingerprint density at radius 3 is 2.55 bits per heavy atom. The Kier molecular flexibility index (Phi) is 8.55. The van der Waals surface area contributed by atoms with Crippen molar-refractivity contribution in [3.8, 4) is 29.6 Å². The summed E-state index contributed by atoms with van der Waals surface area (Å²) >= 11 is 1.23. The average molecular weight is 580 g/mol. The number of rotatable bonds is 9. The molecule has 2 heterocycles. The summed E-state index contributed by atoms with van der Waals surface area (Å²) in [5, 5.41) is 2.96. The van der Waals surface area contributed by atoms with Crippen LogP contribution in [0.3, 0.4) is 0 Å². The Hall–Kier alpha value is -5.07. The van der Waals surface area contributed by atoms with Crippen LogP contribution in [-0.4, -0.2) is 30.8 Å². The third-order valence-electron chi connectivity index (χ3n) is 6.62. The minimum absolute atomic E-state index is 0.0410. The van der Waals surface area contributed by atoms with Gasteiger partial charge in [0.15, 0.2) is 16.3 Å². The van der Waals surface area contributed by atoms with E-state index in [4.69, 9.17) is 25.6 Å². The van der Waals surface area contributed by atoms with Crippen LogP contribution in [0.5, 0.6) is 17.2 Å². The smallest absolute Gasteiger partial charge is 0.271 e. The van der Waals surface area contributed by atoms with Crippen molar-refractivity contribution < 1.29 is 19.0 Å². The second-order valence-electron chi connectivity index (χ2n) is 9.28. The van der Waals surface area contributed by atoms with Crippen molar-refractivity contribution >= 4 is 29.0 Å². The number of allylic oxidation sites excluding steroid dienone is 1. The Morgan fingerprint density at radius 1 is 1.10 bits per heavy atom. The Balaban J connectivity index is 1.67. The summed E-state index contributed by atoms with van der Waals surface area (Å²) < 4.78 is 18.9. The molecule has 1 aliphatic rings. The largest absolute Gasteiger partial charge is 0.494 e. The molecule has 0 bridgehead atoms. The maximum Gasteiger partial charge on any atom is 0.271 e. The summed E-state index contributed by atoms with van der Waals surface area (Å²) in [4.78, 5) is 33.0. The van der Waals surface area contributed by atoms with Crippen molar-refractivity contribution in [1.82, 2.24) is 4.57 Å². The fourth-order valence-corrected chi connectivity index (χ4v) is 5.81. The quantitative estimate of drug-likeness (QED) is 0.299. The van der Waals surface area contributed by atoms with Crippen LogP contribution in [0.2, 0.25) is 0 Å². The van der Waals surface area contributed by atoms with Gasteiger partial charge in [-0.2, -0.15) is 0 Å². The first kappa shape index (κ1) is 28.5. The van der Waals surface area contributed by atoms with E-state index in [1.165, 1.54) is 18.4 Å². The van der Waals surface area contributed by atoms with Gasteiger partial charge in [-0.25, -0.2) is 4.99 Å². The third-order valence-corrected chi connectivity index (χ3v) is 7.60. The van der Waals surface area contributed by atoms with Crippen LogP contribution in [0.4, 0.5) is 5.69 Å². The molecule has 0 saturated heterocycles. The van der Waals surface area contributed by atoms with E-state index in [0.29, 0.717) is 55.7 Å². The van der Waals surface area contributed by atoms with Crippen LogP contribution < -0.4 is 34.4 Å². The van der Waals surface area contributed by atoms with Crippen molar-refractivity contribution in [3.63, 3.8) is 0 Å². The van der Waals surface area contributed by atoms with Gasteiger partial charge >= 0.3 is 0 Å². The fourth-order valence-electron chi connectivity index (χ4n) is 4.78. The highest BCUT2D eigenvalue weighted by molar-refractivity contribution is 7.07. The van der Waals surface area contributed by atoms with Gasteiger partial charge in [-0.3, -0.25) is 14.2 Å². The molecule has 4 aromatic rings. The number of thiazole rings is 1. The number of aromatic nitrogens is 1. The molecule has 0 unspecified atom stereocenters. The van der Waals surface area contributed by atoms with Crippen LogP contribution in [0.25, 0.3) is 6.08 Å². The zero-order valence-corrected chi connectivity index (χ0v) is 24.2. The van der Waals surface area contributed by atoms with E-state index in [9.17, 15) is 9.59 Å². The van der Waals surface area contributed by atoms with Crippen molar-refractivity contribution in [1.29, 1.82) is 0 Å². The minimum Gasteiger partial charge on any atom is -0.494 e. The van der Waals surface area contributed by atoms with Gasteiger partial charge in [-0.15, -0.1) is 6.42 Å². The Morgan fingerprint density at radius 2 is 1.86 bits per heavy atom. The normalized spacial score (nSPS) is 14.4. The van der Waals surface area contributed by atoms with E-state index in [1.54, 1.807) is 23.6 Å². The zero-order chi connectivity index (χ0) is 29.6. The Bertz CT molecular complexity index is 1870. The number of para-hydroxylation sites is 2. The summed E-state index contributed by atoms with van der Waals surface area (Å²) in [6.07, 6.45) is 7.15. The zero-order valence-electron chi connectivity index (χ0n) is 23.4. The maximum absolute atomic E-state index is 14.1. The van der Waals surface area contributed by atoms with Crippen molar-refractivity contribution in [3.05, 3.63) is 115 Å². The molecule has 0 fully saturated rings. The number of anilines is 1. The number of nitrogens with one attached hydrogen (secondary N) is 1. The number of ether oxygens (including phenoxy) is 3. The first-order valence-corrected chi connectivity index (χ1v) is 14.1. The van der Waals surface area contributed by atoms with Crippen LogP contribution in [0.15, 0.2) is 93.9 Å². The summed E-state index contributed by atoms with van der Waals surface area (Å²) in [7, 11) is 1.54. The number of terminal acetylenes is 1. The third kappa shape index (κ3) is 5.71. The number of methoxy groups -OCH3 is 1. The molecule has 3 aromatic carbocycles. The van der Waals surface area contributed by atoms with Crippen LogP contribution in [0, 0.1) is 12.3 Å². The van der Waals surface area contributed by atoms with E-state index in [0.717, 1.165) is 5.56 Å². The van der Waals surface area contributed by atoms with Gasteiger partial charge in [-0.1, -0.05) is 59.7 Å². The highest BCUT2D eigenvalue weighted by Crippen LogP contribution is 2.33. The molecular weight excluding hydrogens is 550 g/mol. The lowest BCUT2D eigenvalue weighted by molar-refractivity contribution is -0.113. The van der Waals surface area contributed by atoms with Crippen LogP contribution >= 0.6 is 11.3 Å². The summed E-state index contributed by atoms with van der Waals surface area (Å²) in [5.41, 5.74) is 2.63. The lowest BCUT2D eigenvalue weighted by atomic mass is 9.95. The molecule has 212 valence electrons. The number of hydrogen-bond acceptors (Lipinski definition) is 7. The molecule has 1 N–H and O–H groups in total. The predicted octanol–water partition coefficient (Wildman–Crippen LogP) is 4.29. The van der Waals surface area contributed by atoms with E-state index in [2.05, 4.69) is 11.2 Å². The van der Waals surface area contributed by atoms with Crippen molar-refractivity contribution in [2.75, 3.05) is 25.6 Å². The summed E-state index contributed by atoms with van der Waals surface area (Å²) in [5.74, 6) is 3.75. The highest BCUT2D eigenvalue weighted by Gasteiger charge is 2.32. The molecule has 42 heavy (non-hydrogen) atoms. The van der Waals surface area contributed by atoms with Gasteiger partial charge in [0.2, 0.25) is 0 Å². The SMILES string of the molecule is C#CCOc1c(/C=c2\sc3n(c2=O)[C@@H](c2ccc(OCC)cc2)C(C(=O)Nc2ccccc2)=C(C)N=3)cccc1OC. The molecule has 1 amide bonds. The number of hydrogen-bond donors (Lipinski definition) is 1. The molecule has 5 rings (SSSR count). The summed E-state index contributed by atoms with van der Waals surface area (Å²) in [6.45, 7) is 4.26. The maximum atomic E-state index is 14.1. The topological polar surface area (TPSA) is 91.2 Å². The molecular formula is C33H29N3O5S. The number of amides is 1. The molecule has 1 aromatic heterocycles. The van der Waals surface area contributed by atoms with Gasteiger partial charge in [0.1, 0.15) is 12.4 Å². The molecule has 1 atom stereocenters. The minimum atomic E-state index is -0.717. The molecule has 9 heteroatoms. The number of fused-ring (bicyclic) bond motifs is 1. The lowest BCUT2D eigenvalue weighted by Crippen LogP contribution is -2.40. The van der Waals surface area contributed by atoms with Gasteiger partial charge in [0, 0.05) is 11.3 Å². The number of carbonyl (C=O) groups is 1. The molecule has 0 saturated carbocycles. The van der Waals surface area contributed by atoms with Crippen molar-refractivity contribution in [2.45, 2.75) is 19.9 Å². The van der Waals surface area contributed by atoms with E-state index >= 15 is 0 Å². The second-order valence-corrected chi connectivity index (χ2v) is 10.3. The van der Waals surface area contributed by atoms with E-state index in [1.807, 2.05) is 73.7 Å². The first-order chi connectivity index (χ1) is 20.4. The van der Waals surface area contributed by atoms with E-state index < -0.39 is 6.04 Å². The van der Waals surface area contributed by atoms with Gasteiger partial charge in [-0.05, 0) is 55.8 Å². The highest BCUT2D eigenvalue weighted by atomic mass is 32.1. The van der Waals surface area contributed by atoms with Gasteiger partial charge in [0.25, 0.3) is 11.5 Å².